The monoisotopic (exact) mass is 649 g/mol. The summed E-state index contributed by atoms with van der Waals surface area (Å²) >= 11 is 18.9. The molecule has 0 saturated heterocycles. The van der Waals surface area contributed by atoms with Crippen LogP contribution in [0.1, 0.15) is 50.2 Å². The van der Waals surface area contributed by atoms with Crippen molar-refractivity contribution < 1.29 is 18.0 Å². The Kier molecular flexibility index (Phi) is 10.8. The Hall–Kier alpha value is -2.78. The Morgan fingerprint density at radius 2 is 1.62 bits per heavy atom. The van der Waals surface area contributed by atoms with E-state index in [9.17, 15) is 18.0 Å². The molecule has 1 N–H and O–H groups in total. The number of amides is 2. The smallest absolute Gasteiger partial charge is 0.264 e. The second-order valence-corrected chi connectivity index (χ2v) is 13.6. The number of carbonyl (C=O) groups excluding carboxylic acids is 2. The summed E-state index contributed by atoms with van der Waals surface area (Å²) in [6, 6.07) is 16.8. The Morgan fingerprint density at radius 3 is 2.29 bits per heavy atom. The van der Waals surface area contributed by atoms with Crippen molar-refractivity contribution in [3.05, 3.63) is 92.9 Å². The molecule has 7 nitrogen and oxygen atoms in total. The standard InChI is InChI=1S/C31H34Cl3N3O4S/c1-21-27(33)14-9-15-29(21)37(42(40,41)26-12-7-4-8-13-26)20-30(38)36(19-23-16-17-24(32)18-28(23)34)22(2)31(39)35-25-10-5-3-6-11-25/h4,7-9,12-18,22,25H,3,5-6,10-11,19-20H2,1-2H3,(H,35,39). The number of sulfonamides is 1. The molecule has 1 atom stereocenters. The van der Waals surface area contributed by atoms with Crippen LogP contribution < -0.4 is 9.62 Å². The van der Waals surface area contributed by atoms with Crippen molar-refractivity contribution in [1.29, 1.82) is 0 Å². The zero-order valence-electron chi connectivity index (χ0n) is 23.5. The highest BCUT2D eigenvalue weighted by molar-refractivity contribution is 7.92. The molecular weight excluding hydrogens is 617 g/mol. The zero-order valence-corrected chi connectivity index (χ0v) is 26.6. The third-order valence-corrected chi connectivity index (χ3v) is 10.4. The average Bonchev–Trinajstić information content (AvgIpc) is 2.97. The number of carbonyl (C=O) groups is 2. The van der Waals surface area contributed by atoms with Gasteiger partial charge in [-0.25, -0.2) is 8.42 Å². The molecule has 0 aromatic heterocycles. The van der Waals surface area contributed by atoms with Crippen molar-refractivity contribution in [1.82, 2.24) is 10.2 Å². The Labute approximate surface area is 262 Å². The largest absolute Gasteiger partial charge is 0.352 e. The fraction of sp³-hybridized carbons (Fsp3) is 0.355. The van der Waals surface area contributed by atoms with E-state index >= 15 is 0 Å². The second kappa shape index (κ2) is 14.1. The molecule has 1 fully saturated rings. The molecule has 0 aliphatic heterocycles. The van der Waals surface area contributed by atoms with E-state index in [1.54, 1.807) is 68.4 Å². The molecule has 0 radical (unpaired) electrons. The number of hydrogen-bond acceptors (Lipinski definition) is 4. The Balaban J connectivity index is 1.72. The number of nitrogens with zero attached hydrogens (tertiary/aromatic N) is 2. The van der Waals surface area contributed by atoms with Gasteiger partial charge in [0.2, 0.25) is 11.8 Å². The van der Waals surface area contributed by atoms with Gasteiger partial charge in [0.05, 0.1) is 10.6 Å². The summed E-state index contributed by atoms with van der Waals surface area (Å²) in [5.74, 6) is -0.886. The molecule has 0 bridgehead atoms. The quantitative estimate of drug-likeness (QED) is 0.256. The summed E-state index contributed by atoms with van der Waals surface area (Å²) in [7, 11) is -4.19. The highest BCUT2D eigenvalue weighted by atomic mass is 35.5. The van der Waals surface area contributed by atoms with Crippen LogP contribution in [0.4, 0.5) is 5.69 Å². The van der Waals surface area contributed by atoms with Crippen LogP contribution in [0, 0.1) is 6.92 Å². The third kappa shape index (κ3) is 7.59. The molecule has 4 rings (SSSR count). The molecule has 2 amide bonds. The molecule has 3 aromatic carbocycles. The fourth-order valence-corrected chi connectivity index (χ4v) is 7.21. The molecule has 0 spiro atoms. The van der Waals surface area contributed by atoms with Crippen molar-refractivity contribution in [2.24, 2.45) is 0 Å². The van der Waals surface area contributed by atoms with Gasteiger partial charge in [-0.2, -0.15) is 0 Å². The molecular formula is C31H34Cl3N3O4S. The first kappa shape index (κ1) is 32.1. The Bertz CT molecular complexity index is 1530. The van der Waals surface area contributed by atoms with Crippen molar-refractivity contribution in [2.45, 2.75) is 69.5 Å². The van der Waals surface area contributed by atoms with Crippen molar-refractivity contribution in [3.8, 4) is 0 Å². The highest BCUT2D eigenvalue weighted by Crippen LogP contribution is 2.31. The first-order chi connectivity index (χ1) is 20.0. The number of hydrogen-bond donors (Lipinski definition) is 1. The summed E-state index contributed by atoms with van der Waals surface area (Å²) in [4.78, 5) is 29.0. The maximum atomic E-state index is 14.2. The maximum absolute atomic E-state index is 14.2. The molecule has 3 aromatic rings. The number of halogens is 3. The van der Waals surface area contributed by atoms with E-state index in [1.165, 1.54) is 17.0 Å². The van der Waals surface area contributed by atoms with Crippen LogP contribution in [0.3, 0.4) is 0 Å². The van der Waals surface area contributed by atoms with Gasteiger partial charge in [0.25, 0.3) is 10.0 Å². The summed E-state index contributed by atoms with van der Waals surface area (Å²) < 4.78 is 29.0. The van der Waals surface area contributed by atoms with Crippen molar-refractivity contribution >= 4 is 62.3 Å². The van der Waals surface area contributed by atoms with Crippen LogP contribution in [-0.2, 0) is 26.2 Å². The van der Waals surface area contributed by atoms with Crippen molar-refractivity contribution in [2.75, 3.05) is 10.8 Å². The van der Waals surface area contributed by atoms with E-state index in [4.69, 9.17) is 34.8 Å². The van der Waals surface area contributed by atoms with Crippen LogP contribution in [-0.4, -0.2) is 43.8 Å². The minimum Gasteiger partial charge on any atom is -0.352 e. The summed E-state index contributed by atoms with van der Waals surface area (Å²) in [6.45, 7) is 2.74. The van der Waals surface area contributed by atoms with E-state index in [-0.39, 0.29) is 29.1 Å². The number of benzene rings is 3. The summed E-state index contributed by atoms with van der Waals surface area (Å²) in [5, 5.41) is 4.21. The molecule has 1 aliphatic rings. The van der Waals surface area contributed by atoms with Gasteiger partial charge in [0, 0.05) is 27.7 Å². The second-order valence-electron chi connectivity index (χ2n) is 10.5. The molecule has 0 heterocycles. The van der Waals surface area contributed by atoms with E-state index in [0.29, 0.717) is 26.2 Å². The maximum Gasteiger partial charge on any atom is 0.264 e. The SMILES string of the molecule is Cc1c(Cl)cccc1N(CC(=O)N(Cc1ccc(Cl)cc1Cl)C(C)C(=O)NC1CCCCC1)S(=O)(=O)c1ccccc1. The van der Waals surface area contributed by atoms with Gasteiger partial charge >= 0.3 is 0 Å². The molecule has 42 heavy (non-hydrogen) atoms. The van der Waals surface area contributed by atoms with Gasteiger partial charge in [0.15, 0.2) is 0 Å². The van der Waals surface area contributed by atoms with Gasteiger partial charge in [-0.3, -0.25) is 13.9 Å². The van der Waals surface area contributed by atoms with Gasteiger partial charge in [-0.1, -0.05) is 84.4 Å². The van der Waals surface area contributed by atoms with Crippen LogP contribution in [0.2, 0.25) is 15.1 Å². The van der Waals surface area contributed by atoms with E-state index in [1.807, 2.05) is 0 Å². The van der Waals surface area contributed by atoms with E-state index in [0.717, 1.165) is 36.4 Å². The minimum atomic E-state index is -4.19. The third-order valence-electron chi connectivity index (χ3n) is 7.59. The fourth-order valence-electron chi connectivity index (χ4n) is 5.08. The highest BCUT2D eigenvalue weighted by Gasteiger charge is 2.34. The predicted molar refractivity (Wildman–Crippen MR) is 169 cm³/mol. The number of rotatable bonds is 10. The molecule has 11 heteroatoms. The van der Waals surface area contributed by atoms with E-state index < -0.39 is 28.5 Å². The Morgan fingerprint density at radius 1 is 0.929 bits per heavy atom. The van der Waals surface area contributed by atoms with Crippen molar-refractivity contribution in [3.63, 3.8) is 0 Å². The van der Waals surface area contributed by atoms with Gasteiger partial charge in [0.1, 0.15) is 12.6 Å². The first-order valence-corrected chi connectivity index (χ1v) is 16.4. The summed E-state index contributed by atoms with van der Waals surface area (Å²) in [5.41, 5.74) is 1.34. The minimum absolute atomic E-state index is 0.0209. The van der Waals surface area contributed by atoms with Gasteiger partial charge in [-0.15, -0.1) is 0 Å². The molecule has 1 aliphatic carbocycles. The lowest BCUT2D eigenvalue weighted by atomic mass is 9.95. The van der Waals surface area contributed by atoms with Crippen LogP contribution >= 0.6 is 34.8 Å². The topological polar surface area (TPSA) is 86.8 Å². The van der Waals surface area contributed by atoms with Crippen LogP contribution in [0.15, 0.2) is 71.6 Å². The molecule has 224 valence electrons. The van der Waals surface area contributed by atoms with Crippen LogP contribution in [0.5, 0.6) is 0 Å². The molecule has 1 unspecified atom stereocenters. The van der Waals surface area contributed by atoms with Gasteiger partial charge < -0.3 is 10.2 Å². The number of anilines is 1. The lowest BCUT2D eigenvalue weighted by Crippen LogP contribution is -2.53. The zero-order chi connectivity index (χ0) is 30.4. The van der Waals surface area contributed by atoms with Crippen LogP contribution in [0.25, 0.3) is 0 Å². The normalized spacial score (nSPS) is 14.7. The average molecular weight is 651 g/mol. The van der Waals surface area contributed by atoms with E-state index in [2.05, 4.69) is 5.32 Å². The molecule has 1 saturated carbocycles. The lowest BCUT2D eigenvalue weighted by molar-refractivity contribution is -0.139. The lowest BCUT2D eigenvalue weighted by Gasteiger charge is -2.33. The number of nitrogens with one attached hydrogen (secondary N) is 1. The summed E-state index contributed by atoms with van der Waals surface area (Å²) in [6.07, 6.45) is 4.97. The van der Waals surface area contributed by atoms with Gasteiger partial charge in [-0.05, 0) is 74.2 Å². The first-order valence-electron chi connectivity index (χ1n) is 13.9. The predicted octanol–water partition coefficient (Wildman–Crippen LogP) is 7.02.